The molecular weight excluding hydrogens is 317 g/mol. The van der Waals surface area contributed by atoms with Crippen molar-refractivity contribution in [3.05, 3.63) is 47.7 Å². The van der Waals surface area contributed by atoms with Gasteiger partial charge in [-0.3, -0.25) is 0 Å². The Morgan fingerprint density at radius 1 is 1.08 bits per heavy atom. The van der Waals surface area contributed by atoms with E-state index in [1.54, 1.807) is 23.0 Å². The molecule has 25 heavy (non-hydrogen) atoms. The number of nitrogens with zero attached hydrogens (tertiary/aromatic N) is 5. The van der Waals surface area contributed by atoms with Gasteiger partial charge in [-0.1, -0.05) is 13.3 Å². The van der Waals surface area contributed by atoms with Crippen molar-refractivity contribution < 1.29 is 4.39 Å². The molecule has 0 bridgehead atoms. The third kappa shape index (κ3) is 2.49. The summed E-state index contributed by atoms with van der Waals surface area (Å²) >= 11 is 0. The second-order valence-electron chi connectivity index (χ2n) is 6.37. The predicted molar refractivity (Wildman–Crippen MR) is 96.1 cm³/mol. The molecule has 4 rings (SSSR count). The first-order valence-electron chi connectivity index (χ1n) is 8.57. The Labute approximate surface area is 145 Å². The molecule has 6 heteroatoms. The van der Waals surface area contributed by atoms with Gasteiger partial charge in [-0.05, 0) is 50.1 Å². The molecule has 4 aromatic rings. The summed E-state index contributed by atoms with van der Waals surface area (Å²) in [5, 5.41) is 5.56. The normalized spacial score (nSPS) is 11.7. The van der Waals surface area contributed by atoms with Crippen molar-refractivity contribution in [1.29, 1.82) is 0 Å². The minimum absolute atomic E-state index is 0.268. The van der Waals surface area contributed by atoms with E-state index in [1.165, 1.54) is 23.4 Å². The van der Waals surface area contributed by atoms with Gasteiger partial charge in [0.05, 0.1) is 5.39 Å². The van der Waals surface area contributed by atoms with Crippen molar-refractivity contribution in [2.45, 2.75) is 40.2 Å². The fraction of sp³-hybridized carbons (Fsp3) is 0.316. The molecule has 0 radical (unpaired) electrons. The van der Waals surface area contributed by atoms with Crippen molar-refractivity contribution in [3.63, 3.8) is 0 Å². The molecule has 0 amide bonds. The molecule has 0 aliphatic rings. The van der Waals surface area contributed by atoms with Crippen LogP contribution in [0.3, 0.4) is 0 Å². The third-order valence-corrected chi connectivity index (χ3v) is 4.78. The van der Waals surface area contributed by atoms with Gasteiger partial charge in [-0.25, -0.2) is 18.9 Å². The fourth-order valence-electron chi connectivity index (χ4n) is 3.24. The summed E-state index contributed by atoms with van der Waals surface area (Å²) in [6.45, 7) is 7.37. The monoisotopic (exact) mass is 337 g/mol. The number of hydrogen-bond acceptors (Lipinski definition) is 3. The van der Waals surface area contributed by atoms with Gasteiger partial charge in [-0.15, -0.1) is 5.10 Å². The van der Waals surface area contributed by atoms with E-state index in [1.807, 2.05) is 0 Å². The molecule has 0 atom stereocenters. The minimum atomic E-state index is -0.268. The maximum atomic E-state index is 13.2. The van der Waals surface area contributed by atoms with Crippen LogP contribution in [0.1, 0.15) is 31.0 Å². The van der Waals surface area contributed by atoms with Gasteiger partial charge in [0.15, 0.2) is 11.5 Å². The highest BCUT2D eigenvalue weighted by Crippen LogP contribution is 2.28. The van der Waals surface area contributed by atoms with Crippen LogP contribution in [-0.4, -0.2) is 24.1 Å². The van der Waals surface area contributed by atoms with Gasteiger partial charge < -0.3 is 4.57 Å². The molecule has 5 nitrogen and oxygen atoms in total. The number of aromatic nitrogens is 5. The van der Waals surface area contributed by atoms with E-state index in [0.29, 0.717) is 5.82 Å². The van der Waals surface area contributed by atoms with Crippen LogP contribution in [0.5, 0.6) is 0 Å². The van der Waals surface area contributed by atoms with E-state index >= 15 is 0 Å². The van der Waals surface area contributed by atoms with Crippen molar-refractivity contribution in [2.75, 3.05) is 0 Å². The summed E-state index contributed by atoms with van der Waals surface area (Å²) in [6, 6.07) is 6.23. The first kappa shape index (κ1) is 15.7. The van der Waals surface area contributed by atoms with E-state index in [4.69, 9.17) is 4.98 Å². The zero-order valence-electron chi connectivity index (χ0n) is 14.6. The van der Waals surface area contributed by atoms with E-state index in [9.17, 15) is 4.39 Å². The molecule has 0 spiro atoms. The number of aryl methyl sites for hydroxylation is 2. The second kappa shape index (κ2) is 5.95. The Morgan fingerprint density at radius 2 is 1.84 bits per heavy atom. The average molecular weight is 337 g/mol. The maximum absolute atomic E-state index is 13.2. The maximum Gasteiger partial charge on any atom is 0.182 e. The third-order valence-electron chi connectivity index (χ3n) is 4.78. The highest BCUT2D eigenvalue weighted by Gasteiger charge is 2.18. The van der Waals surface area contributed by atoms with Crippen LogP contribution in [0.2, 0.25) is 0 Å². The number of benzene rings is 1. The largest absolute Gasteiger partial charge is 0.329 e. The van der Waals surface area contributed by atoms with Gasteiger partial charge in [0.25, 0.3) is 0 Å². The smallest absolute Gasteiger partial charge is 0.182 e. The molecule has 0 saturated carbocycles. The van der Waals surface area contributed by atoms with Crippen LogP contribution in [0.15, 0.2) is 30.6 Å². The molecule has 0 N–H and O–H groups in total. The molecule has 128 valence electrons. The summed E-state index contributed by atoms with van der Waals surface area (Å²) in [5.74, 6) is 0.309. The van der Waals surface area contributed by atoms with Gasteiger partial charge in [0.2, 0.25) is 0 Å². The van der Waals surface area contributed by atoms with Crippen molar-refractivity contribution in [1.82, 2.24) is 24.1 Å². The van der Waals surface area contributed by atoms with E-state index in [-0.39, 0.29) is 5.82 Å². The highest BCUT2D eigenvalue weighted by atomic mass is 19.1. The lowest BCUT2D eigenvalue weighted by Crippen LogP contribution is -2.01. The van der Waals surface area contributed by atoms with Crippen molar-refractivity contribution in [2.24, 2.45) is 0 Å². The van der Waals surface area contributed by atoms with Crippen molar-refractivity contribution in [3.8, 4) is 11.4 Å². The first-order valence-corrected chi connectivity index (χ1v) is 8.57. The lowest BCUT2D eigenvalue weighted by Gasteiger charge is -2.06. The Kier molecular flexibility index (Phi) is 3.75. The second-order valence-corrected chi connectivity index (χ2v) is 6.37. The fourth-order valence-corrected chi connectivity index (χ4v) is 3.24. The van der Waals surface area contributed by atoms with Crippen LogP contribution >= 0.6 is 0 Å². The molecular formula is C19H20FN5. The summed E-state index contributed by atoms with van der Waals surface area (Å²) < 4.78 is 17.1. The Balaban J connectivity index is 1.93. The number of unbranched alkanes of at least 4 members (excludes halogenated alkanes) is 1. The standard InChI is InChI=1S/C19H20FN5/c1-4-5-10-24-13(3)12(2)16-18(24)21-11-25-19(16)22-17(23-25)14-6-8-15(20)9-7-14/h6-9,11H,4-5,10H2,1-3H3. The van der Waals surface area contributed by atoms with Gasteiger partial charge >= 0.3 is 0 Å². The number of halogens is 1. The van der Waals surface area contributed by atoms with Crippen LogP contribution in [-0.2, 0) is 6.54 Å². The molecule has 0 aliphatic carbocycles. The summed E-state index contributed by atoms with van der Waals surface area (Å²) in [6.07, 6.45) is 3.96. The van der Waals surface area contributed by atoms with Crippen LogP contribution in [0, 0.1) is 19.7 Å². The predicted octanol–water partition coefficient (Wildman–Crippen LogP) is 4.30. The van der Waals surface area contributed by atoms with Crippen LogP contribution in [0.25, 0.3) is 28.1 Å². The molecule has 1 aromatic carbocycles. The van der Waals surface area contributed by atoms with Gasteiger partial charge in [0, 0.05) is 17.8 Å². The summed E-state index contributed by atoms with van der Waals surface area (Å²) in [7, 11) is 0. The highest BCUT2D eigenvalue weighted by molar-refractivity contribution is 5.94. The topological polar surface area (TPSA) is 48.0 Å². The van der Waals surface area contributed by atoms with Gasteiger partial charge in [-0.2, -0.15) is 0 Å². The molecule has 0 unspecified atom stereocenters. The average Bonchev–Trinajstić information content (AvgIpc) is 3.14. The number of hydrogen-bond donors (Lipinski definition) is 0. The molecule has 0 fully saturated rings. The lowest BCUT2D eigenvalue weighted by molar-refractivity contribution is 0.628. The van der Waals surface area contributed by atoms with Crippen LogP contribution < -0.4 is 0 Å². The Morgan fingerprint density at radius 3 is 2.56 bits per heavy atom. The molecule has 0 aliphatic heterocycles. The Hall–Kier alpha value is -2.76. The summed E-state index contributed by atoms with van der Waals surface area (Å²) in [5.41, 5.74) is 4.94. The van der Waals surface area contributed by atoms with E-state index in [2.05, 4.69) is 35.4 Å². The molecule has 0 saturated heterocycles. The van der Waals surface area contributed by atoms with Crippen LogP contribution in [0.4, 0.5) is 4.39 Å². The molecule has 3 heterocycles. The SMILES string of the molecule is CCCCn1c(C)c(C)c2c1ncn1nc(-c3ccc(F)cc3)nc21. The number of fused-ring (bicyclic) bond motifs is 3. The molecule has 3 aromatic heterocycles. The van der Waals surface area contributed by atoms with Crippen molar-refractivity contribution >= 4 is 16.7 Å². The van der Waals surface area contributed by atoms with E-state index in [0.717, 1.165) is 41.6 Å². The Bertz CT molecular complexity index is 1060. The minimum Gasteiger partial charge on any atom is -0.329 e. The summed E-state index contributed by atoms with van der Waals surface area (Å²) in [4.78, 5) is 9.34. The lowest BCUT2D eigenvalue weighted by atomic mass is 10.2. The first-order chi connectivity index (χ1) is 12.1. The quantitative estimate of drug-likeness (QED) is 0.558. The zero-order chi connectivity index (χ0) is 17.6. The zero-order valence-corrected chi connectivity index (χ0v) is 14.6. The van der Waals surface area contributed by atoms with E-state index < -0.39 is 0 Å². The number of rotatable bonds is 4. The van der Waals surface area contributed by atoms with Gasteiger partial charge in [0.1, 0.15) is 17.8 Å².